The molecule has 1 aliphatic heterocycles. The predicted molar refractivity (Wildman–Crippen MR) is 104 cm³/mol. The Labute approximate surface area is 157 Å². The third-order valence-corrected chi connectivity index (χ3v) is 5.86. The molecule has 1 amide bonds. The summed E-state index contributed by atoms with van der Waals surface area (Å²) in [6, 6.07) is 7.89. The summed E-state index contributed by atoms with van der Waals surface area (Å²) in [7, 11) is 0. The number of rotatable bonds is 4. The fourth-order valence-electron chi connectivity index (χ4n) is 3.70. The smallest absolute Gasteiger partial charge is 0.233 e. The van der Waals surface area contributed by atoms with Crippen LogP contribution in [0.5, 0.6) is 0 Å². The van der Waals surface area contributed by atoms with Gasteiger partial charge in [0, 0.05) is 24.2 Å². The first kappa shape index (κ1) is 21.3. The van der Waals surface area contributed by atoms with Crippen LogP contribution < -0.4 is 5.73 Å². The molecule has 0 saturated carbocycles. The average Bonchev–Trinajstić information content (AvgIpc) is 2.53. The monoisotopic (exact) mass is 372 g/mol. The molecule has 5 heteroatoms. The Hall–Kier alpha value is -0.770. The number of piperidine rings is 1. The van der Waals surface area contributed by atoms with Gasteiger partial charge in [-0.3, -0.25) is 4.79 Å². The fourth-order valence-corrected chi connectivity index (χ4v) is 3.83. The first-order valence-electron chi connectivity index (χ1n) is 8.58. The van der Waals surface area contributed by atoms with Crippen molar-refractivity contribution in [2.75, 3.05) is 13.1 Å². The van der Waals surface area contributed by atoms with Crippen LogP contribution in [0, 0.1) is 5.41 Å². The van der Waals surface area contributed by atoms with E-state index in [0.717, 1.165) is 37.9 Å². The Morgan fingerprint density at radius 2 is 1.83 bits per heavy atom. The lowest BCUT2D eigenvalue weighted by Crippen LogP contribution is -2.57. The van der Waals surface area contributed by atoms with E-state index in [4.69, 9.17) is 17.3 Å². The number of hydrogen-bond donors (Lipinski definition) is 1. The maximum absolute atomic E-state index is 13.4. The summed E-state index contributed by atoms with van der Waals surface area (Å²) in [6.45, 7) is 9.96. The molecule has 3 nitrogen and oxygen atoms in total. The van der Waals surface area contributed by atoms with Crippen molar-refractivity contribution in [1.82, 2.24) is 4.90 Å². The van der Waals surface area contributed by atoms with Gasteiger partial charge in [0.2, 0.25) is 5.91 Å². The molecular weight excluding hydrogens is 343 g/mol. The van der Waals surface area contributed by atoms with Crippen LogP contribution in [-0.4, -0.2) is 29.9 Å². The normalized spacial score (nSPS) is 20.4. The number of carbonyl (C=O) groups is 1. The number of nitrogens with zero attached hydrogens (tertiary/aromatic N) is 1. The van der Waals surface area contributed by atoms with Crippen LogP contribution in [0.15, 0.2) is 24.3 Å². The molecule has 0 radical (unpaired) electrons. The molecule has 1 aromatic rings. The minimum absolute atomic E-state index is 0. The van der Waals surface area contributed by atoms with Crippen LogP contribution in [0.4, 0.5) is 0 Å². The van der Waals surface area contributed by atoms with E-state index in [0.29, 0.717) is 5.02 Å². The van der Waals surface area contributed by atoms with Crippen molar-refractivity contribution in [3.8, 4) is 0 Å². The van der Waals surface area contributed by atoms with Crippen molar-refractivity contribution in [2.45, 2.75) is 58.4 Å². The fraction of sp³-hybridized carbons (Fsp3) is 0.632. The van der Waals surface area contributed by atoms with Crippen LogP contribution in [-0.2, 0) is 10.2 Å². The van der Waals surface area contributed by atoms with Crippen molar-refractivity contribution < 1.29 is 4.79 Å². The molecule has 2 rings (SSSR count). The zero-order valence-corrected chi connectivity index (χ0v) is 16.7. The highest BCUT2D eigenvalue weighted by Crippen LogP contribution is 2.37. The summed E-state index contributed by atoms with van der Waals surface area (Å²) in [5.74, 6) is 0.227. The first-order chi connectivity index (χ1) is 10.8. The zero-order chi connectivity index (χ0) is 17.3. The van der Waals surface area contributed by atoms with Crippen molar-refractivity contribution >= 4 is 29.9 Å². The van der Waals surface area contributed by atoms with Crippen LogP contribution in [0.2, 0.25) is 5.02 Å². The molecule has 1 aromatic carbocycles. The zero-order valence-electron chi connectivity index (χ0n) is 15.1. The van der Waals surface area contributed by atoms with Crippen molar-refractivity contribution in [2.24, 2.45) is 11.1 Å². The molecule has 1 saturated heterocycles. The number of carbonyl (C=O) groups excluding carboxylic acids is 1. The number of benzene rings is 1. The Balaban J connectivity index is 0.00000288. The lowest BCUT2D eigenvalue weighted by atomic mass is 9.73. The highest BCUT2D eigenvalue weighted by Gasteiger charge is 2.43. The van der Waals surface area contributed by atoms with Gasteiger partial charge in [-0.15, -0.1) is 12.4 Å². The molecule has 1 unspecified atom stereocenters. The molecule has 1 fully saturated rings. The van der Waals surface area contributed by atoms with Crippen molar-refractivity contribution in [3.63, 3.8) is 0 Å². The lowest BCUT2D eigenvalue weighted by Gasteiger charge is -2.46. The van der Waals surface area contributed by atoms with Gasteiger partial charge in [-0.25, -0.2) is 0 Å². The first-order valence-corrected chi connectivity index (χ1v) is 8.95. The molecule has 1 atom stereocenters. The summed E-state index contributed by atoms with van der Waals surface area (Å²) in [6.07, 6.45) is 2.43. The van der Waals surface area contributed by atoms with E-state index in [9.17, 15) is 4.79 Å². The number of nitrogens with two attached hydrogens (primary N) is 1. The van der Waals surface area contributed by atoms with Gasteiger partial charge in [0.25, 0.3) is 0 Å². The molecular formula is C19H30Cl2N2O. The molecule has 0 spiro atoms. The van der Waals surface area contributed by atoms with Gasteiger partial charge >= 0.3 is 0 Å². The topological polar surface area (TPSA) is 46.3 Å². The Kier molecular flexibility index (Phi) is 7.16. The van der Waals surface area contributed by atoms with Crippen LogP contribution >= 0.6 is 24.0 Å². The average molecular weight is 373 g/mol. The molecule has 1 heterocycles. The van der Waals surface area contributed by atoms with Crippen molar-refractivity contribution in [1.29, 1.82) is 0 Å². The largest absolute Gasteiger partial charge is 0.341 e. The maximum atomic E-state index is 13.4. The summed E-state index contributed by atoms with van der Waals surface area (Å²) in [4.78, 5) is 15.4. The van der Waals surface area contributed by atoms with E-state index in [1.807, 2.05) is 29.2 Å². The summed E-state index contributed by atoms with van der Waals surface area (Å²) in [5, 5.41) is 0.701. The lowest BCUT2D eigenvalue weighted by molar-refractivity contribution is -0.141. The van der Waals surface area contributed by atoms with Crippen LogP contribution in [0.3, 0.4) is 0 Å². The third-order valence-electron chi connectivity index (χ3n) is 5.61. The van der Waals surface area contributed by atoms with Crippen LogP contribution in [0.1, 0.15) is 52.5 Å². The quantitative estimate of drug-likeness (QED) is 0.850. The van der Waals surface area contributed by atoms with Gasteiger partial charge in [-0.2, -0.15) is 0 Å². The maximum Gasteiger partial charge on any atom is 0.233 e. The minimum atomic E-state index is -0.470. The Morgan fingerprint density at radius 1 is 1.29 bits per heavy atom. The molecule has 1 aliphatic rings. The van der Waals surface area contributed by atoms with Crippen molar-refractivity contribution in [3.05, 3.63) is 34.9 Å². The molecule has 2 N–H and O–H groups in total. The SMILES string of the molecule is CCC(CC)(C(=O)N1CCC(N)C(C)(C)C1)c1ccc(Cl)cc1.Cl. The van der Waals surface area contributed by atoms with E-state index in [-0.39, 0.29) is 29.8 Å². The van der Waals surface area contributed by atoms with Gasteiger partial charge in [-0.05, 0) is 42.4 Å². The molecule has 0 bridgehead atoms. The van der Waals surface area contributed by atoms with Gasteiger partial charge in [0.15, 0.2) is 0 Å². The van der Waals surface area contributed by atoms with E-state index in [1.54, 1.807) is 0 Å². The molecule has 0 aliphatic carbocycles. The Bertz CT molecular complexity index is 553. The summed E-state index contributed by atoms with van der Waals surface area (Å²) < 4.78 is 0. The molecule has 24 heavy (non-hydrogen) atoms. The number of amides is 1. The number of halogens is 2. The van der Waals surface area contributed by atoms with Gasteiger partial charge in [0.05, 0.1) is 5.41 Å². The van der Waals surface area contributed by atoms with Crippen LogP contribution in [0.25, 0.3) is 0 Å². The van der Waals surface area contributed by atoms with Gasteiger partial charge < -0.3 is 10.6 Å². The Morgan fingerprint density at radius 3 is 2.29 bits per heavy atom. The molecule has 0 aromatic heterocycles. The summed E-state index contributed by atoms with van der Waals surface area (Å²) >= 11 is 6.02. The third kappa shape index (κ3) is 3.89. The second kappa shape index (κ2) is 8.07. The minimum Gasteiger partial charge on any atom is -0.341 e. The molecule has 136 valence electrons. The second-order valence-corrected chi connectivity index (χ2v) is 7.84. The highest BCUT2D eigenvalue weighted by atomic mass is 35.5. The summed E-state index contributed by atoms with van der Waals surface area (Å²) in [5.41, 5.74) is 6.77. The van der Waals surface area contributed by atoms with E-state index in [2.05, 4.69) is 27.7 Å². The number of likely N-dealkylation sites (tertiary alicyclic amines) is 1. The van der Waals surface area contributed by atoms with Gasteiger partial charge in [0.1, 0.15) is 0 Å². The predicted octanol–water partition coefficient (Wildman–Crippen LogP) is 4.41. The van der Waals surface area contributed by atoms with E-state index < -0.39 is 5.41 Å². The van der Waals surface area contributed by atoms with Gasteiger partial charge in [-0.1, -0.05) is 51.4 Å². The van der Waals surface area contributed by atoms with E-state index >= 15 is 0 Å². The van der Waals surface area contributed by atoms with E-state index in [1.165, 1.54) is 0 Å². The standard InChI is InChI=1S/C19H29ClN2O.ClH/c1-5-19(6-2,14-7-9-15(20)10-8-14)17(23)22-12-11-16(21)18(3,4)13-22;/h7-10,16H,5-6,11-13,21H2,1-4H3;1H. The number of hydrogen-bond acceptors (Lipinski definition) is 2. The second-order valence-electron chi connectivity index (χ2n) is 7.41. The highest BCUT2D eigenvalue weighted by molar-refractivity contribution is 6.30.